The fourth-order valence-corrected chi connectivity index (χ4v) is 2.20. The second kappa shape index (κ2) is 10.4. The molecule has 0 heterocycles. The van der Waals surface area contributed by atoms with Crippen molar-refractivity contribution < 1.29 is 28.1 Å². The van der Waals surface area contributed by atoms with Crippen molar-refractivity contribution in [2.24, 2.45) is 5.73 Å². The number of hydrogen-bond acceptors (Lipinski definition) is 4. The average molecular weight is 373 g/mol. The van der Waals surface area contributed by atoms with E-state index in [-0.39, 0.29) is 25.2 Å². The second-order valence-corrected chi connectivity index (χ2v) is 6.25. The Morgan fingerprint density at radius 3 is 2.42 bits per heavy atom. The third-order valence-electron chi connectivity index (χ3n) is 3.97. The zero-order valence-electron chi connectivity index (χ0n) is 14.9. The fraction of sp³-hybridized carbons (Fsp3) is 0.579. The second-order valence-electron chi connectivity index (χ2n) is 6.25. The van der Waals surface area contributed by atoms with E-state index in [1.165, 1.54) is 12.1 Å². The lowest BCUT2D eigenvalue weighted by atomic mass is 9.93. The molecule has 0 saturated heterocycles. The van der Waals surface area contributed by atoms with E-state index < -0.39 is 30.5 Å². The largest absolute Gasteiger partial charge is 0.480 e. The molecule has 0 aromatic heterocycles. The molecule has 0 aliphatic rings. The predicted molar refractivity (Wildman–Crippen MR) is 93.7 cm³/mol. The van der Waals surface area contributed by atoms with Crippen LogP contribution < -0.4 is 10.5 Å². The number of benzene rings is 1. The number of halogens is 3. The molecule has 0 fully saturated rings. The Morgan fingerprint density at radius 1 is 1.15 bits per heavy atom. The summed E-state index contributed by atoms with van der Waals surface area (Å²) in [5, 5.41) is 18.3. The highest BCUT2D eigenvalue weighted by Crippen LogP contribution is 2.37. The van der Waals surface area contributed by atoms with Crippen molar-refractivity contribution in [3.8, 4) is 17.6 Å². The van der Waals surface area contributed by atoms with E-state index >= 15 is 0 Å². The number of unbranched alkanes of at least 4 members (excludes halogenated alkanes) is 2. The fourth-order valence-electron chi connectivity index (χ4n) is 2.20. The van der Waals surface area contributed by atoms with Crippen molar-refractivity contribution in [3.63, 3.8) is 0 Å². The highest BCUT2D eigenvalue weighted by molar-refractivity contribution is 5.39. The van der Waals surface area contributed by atoms with E-state index in [2.05, 4.69) is 11.8 Å². The molecular weight excluding hydrogens is 347 g/mol. The van der Waals surface area contributed by atoms with Crippen molar-refractivity contribution in [2.75, 3.05) is 19.8 Å². The molecule has 1 aromatic carbocycles. The molecule has 0 aliphatic heterocycles. The molecular formula is C19H26F3NO3. The Bertz CT molecular complexity index is 617. The Hall–Kier alpha value is -1.75. The van der Waals surface area contributed by atoms with Gasteiger partial charge in [0.25, 0.3) is 0 Å². The SMILES string of the molecule is CCCCC#CCOc1ccc(CCC(N)(CO)CO)cc1C(F)(F)F. The van der Waals surface area contributed by atoms with Crippen molar-refractivity contribution in [1.82, 2.24) is 0 Å². The van der Waals surface area contributed by atoms with Gasteiger partial charge >= 0.3 is 6.18 Å². The number of nitrogens with two attached hydrogens (primary N) is 1. The standard InChI is InChI=1S/C19H26F3NO3/c1-2-3-4-5-6-11-26-17-8-7-15(12-16(17)19(20,21)22)9-10-18(23,13-24)14-25/h7-8,12,24-25H,2-4,9-11,13-14,23H2,1H3. The third-order valence-corrected chi connectivity index (χ3v) is 3.97. The molecule has 4 N–H and O–H groups in total. The maximum Gasteiger partial charge on any atom is 0.419 e. The summed E-state index contributed by atoms with van der Waals surface area (Å²) in [6.45, 7) is 1.03. The Balaban J connectivity index is 2.85. The minimum Gasteiger partial charge on any atom is -0.480 e. The molecule has 7 heteroatoms. The number of hydrogen-bond donors (Lipinski definition) is 3. The van der Waals surface area contributed by atoms with Gasteiger partial charge in [-0.2, -0.15) is 13.2 Å². The molecule has 1 rings (SSSR count). The van der Waals surface area contributed by atoms with E-state index in [9.17, 15) is 13.2 Å². The number of ether oxygens (including phenoxy) is 1. The molecule has 0 aliphatic carbocycles. The highest BCUT2D eigenvalue weighted by Gasteiger charge is 2.35. The van der Waals surface area contributed by atoms with Gasteiger partial charge in [-0.15, -0.1) is 0 Å². The van der Waals surface area contributed by atoms with Crippen LogP contribution in [0, 0.1) is 11.8 Å². The summed E-state index contributed by atoms with van der Waals surface area (Å²) in [7, 11) is 0. The first-order valence-corrected chi connectivity index (χ1v) is 8.55. The Morgan fingerprint density at radius 2 is 1.85 bits per heavy atom. The number of alkyl halides is 3. The van der Waals surface area contributed by atoms with Crippen molar-refractivity contribution in [1.29, 1.82) is 0 Å². The van der Waals surface area contributed by atoms with Crippen molar-refractivity contribution in [2.45, 2.75) is 50.7 Å². The summed E-state index contributed by atoms with van der Waals surface area (Å²) in [4.78, 5) is 0. The van der Waals surface area contributed by atoms with Gasteiger partial charge < -0.3 is 20.7 Å². The van der Waals surface area contributed by atoms with Gasteiger partial charge in [0.2, 0.25) is 0 Å². The van der Waals surface area contributed by atoms with Gasteiger partial charge in [-0.3, -0.25) is 0 Å². The molecule has 0 amide bonds. The minimum absolute atomic E-state index is 0.104. The molecule has 146 valence electrons. The molecule has 0 atom stereocenters. The number of rotatable bonds is 9. The number of aliphatic hydroxyl groups excluding tert-OH is 2. The summed E-state index contributed by atoms with van der Waals surface area (Å²) in [5.74, 6) is 5.30. The van der Waals surface area contributed by atoms with Crippen molar-refractivity contribution >= 4 is 0 Å². The van der Waals surface area contributed by atoms with Crippen LogP contribution in [0.5, 0.6) is 5.75 Å². The molecule has 1 aromatic rings. The smallest absolute Gasteiger partial charge is 0.419 e. The maximum atomic E-state index is 13.3. The molecule has 0 unspecified atom stereocenters. The maximum absolute atomic E-state index is 13.3. The third kappa shape index (κ3) is 7.24. The first-order chi connectivity index (χ1) is 12.3. The van der Waals surface area contributed by atoms with E-state index in [4.69, 9.17) is 20.7 Å². The lowest BCUT2D eigenvalue weighted by Crippen LogP contribution is -2.47. The van der Waals surface area contributed by atoms with Crippen LogP contribution in [-0.2, 0) is 12.6 Å². The van der Waals surface area contributed by atoms with Crippen LogP contribution in [0.4, 0.5) is 13.2 Å². The highest BCUT2D eigenvalue weighted by atomic mass is 19.4. The molecule has 0 spiro atoms. The molecule has 4 nitrogen and oxygen atoms in total. The van der Waals surface area contributed by atoms with E-state index in [1.807, 2.05) is 6.92 Å². The molecule has 0 bridgehead atoms. The van der Waals surface area contributed by atoms with Gasteiger partial charge in [-0.25, -0.2) is 0 Å². The molecule has 0 saturated carbocycles. The summed E-state index contributed by atoms with van der Waals surface area (Å²) < 4.78 is 45.1. The lowest BCUT2D eigenvalue weighted by molar-refractivity contribution is -0.138. The van der Waals surface area contributed by atoms with E-state index in [0.717, 1.165) is 18.9 Å². The Labute approximate surface area is 152 Å². The van der Waals surface area contributed by atoms with Crippen LogP contribution >= 0.6 is 0 Å². The normalized spacial score (nSPS) is 11.8. The lowest BCUT2D eigenvalue weighted by Gasteiger charge is -2.24. The van der Waals surface area contributed by atoms with Gasteiger partial charge in [-0.1, -0.05) is 31.3 Å². The van der Waals surface area contributed by atoms with Gasteiger partial charge in [0.1, 0.15) is 12.4 Å². The topological polar surface area (TPSA) is 75.7 Å². The predicted octanol–water partition coefficient (Wildman–Crippen LogP) is 2.89. The van der Waals surface area contributed by atoms with Crippen LogP contribution in [0.3, 0.4) is 0 Å². The summed E-state index contributed by atoms with van der Waals surface area (Å²) >= 11 is 0. The zero-order valence-corrected chi connectivity index (χ0v) is 14.9. The first-order valence-electron chi connectivity index (χ1n) is 8.55. The van der Waals surface area contributed by atoms with E-state index in [1.54, 1.807) is 0 Å². The minimum atomic E-state index is -4.56. The van der Waals surface area contributed by atoms with Crippen LogP contribution in [0.2, 0.25) is 0 Å². The summed E-state index contributed by atoms with van der Waals surface area (Å²) in [6, 6.07) is 3.79. The number of aryl methyl sites for hydroxylation is 1. The van der Waals surface area contributed by atoms with Gasteiger partial charge in [-0.05, 0) is 37.0 Å². The van der Waals surface area contributed by atoms with Crippen LogP contribution in [-0.4, -0.2) is 35.6 Å². The average Bonchev–Trinajstić information content (AvgIpc) is 2.62. The Kier molecular flexibility index (Phi) is 8.93. The quantitative estimate of drug-likeness (QED) is 0.460. The van der Waals surface area contributed by atoms with Gasteiger partial charge in [0.05, 0.1) is 24.3 Å². The molecule has 26 heavy (non-hydrogen) atoms. The number of aliphatic hydroxyl groups is 2. The first kappa shape index (κ1) is 22.3. The van der Waals surface area contributed by atoms with Crippen LogP contribution in [0.15, 0.2) is 18.2 Å². The summed E-state index contributed by atoms with van der Waals surface area (Å²) in [6.07, 6.45) is -1.57. The van der Waals surface area contributed by atoms with Crippen molar-refractivity contribution in [3.05, 3.63) is 29.3 Å². The summed E-state index contributed by atoms with van der Waals surface area (Å²) in [5.41, 5.74) is 4.06. The monoisotopic (exact) mass is 373 g/mol. The van der Waals surface area contributed by atoms with Crippen LogP contribution in [0.25, 0.3) is 0 Å². The van der Waals surface area contributed by atoms with Gasteiger partial charge in [0, 0.05) is 6.42 Å². The van der Waals surface area contributed by atoms with Gasteiger partial charge in [0.15, 0.2) is 0 Å². The molecule has 0 radical (unpaired) electrons. The zero-order chi connectivity index (χ0) is 19.6. The van der Waals surface area contributed by atoms with Crippen LogP contribution in [0.1, 0.15) is 43.7 Å². The van der Waals surface area contributed by atoms with E-state index in [0.29, 0.717) is 12.0 Å².